The molecule has 3 rings (SSSR count). The van der Waals surface area contributed by atoms with E-state index in [4.69, 9.17) is 10.2 Å². The van der Waals surface area contributed by atoms with Crippen LogP contribution in [0.25, 0.3) is 0 Å². The molecule has 0 saturated heterocycles. The van der Waals surface area contributed by atoms with E-state index < -0.39 is 0 Å². The SMILES string of the molecule is NCc1cc(C(=O)NCCCC(=O)N2CCc3ccccc32)co1. The van der Waals surface area contributed by atoms with E-state index in [2.05, 4.69) is 11.4 Å². The molecule has 0 unspecified atom stereocenters. The molecule has 1 aliphatic rings. The fourth-order valence-corrected chi connectivity index (χ4v) is 2.88. The number of furan rings is 1. The number of rotatable bonds is 6. The highest BCUT2D eigenvalue weighted by molar-refractivity contribution is 5.96. The Morgan fingerprint density at radius 3 is 2.92 bits per heavy atom. The lowest BCUT2D eigenvalue weighted by molar-refractivity contribution is -0.118. The highest BCUT2D eigenvalue weighted by Gasteiger charge is 2.23. The van der Waals surface area contributed by atoms with Crippen molar-refractivity contribution in [2.75, 3.05) is 18.0 Å². The number of carbonyl (C=O) groups is 2. The Hall–Kier alpha value is -2.60. The van der Waals surface area contributed by atoms with E-state index in [9.17, 15) is 9.59 Å². The summed E-state index contributed by atoms with van der Waals surface area (Å²) in [4.78, 5) is 26.1. The summed E-state index contributed by atoms with van der Waals surface area (Å²) in [6.45, 7) is 1.45. The molecule has 6 nitrogen and oxygen atoms in total. The van der Waals surface area contributed by atoms with Crippen molar-refractivity contribution < 1.29 is 14.0 Å². The predicted molar refractivity (Wildman–Crippen MR) is 90.7 cm³/mol. The van der Waals surface area contributed by atoms with E-state index in [1.54, 1.807) is 6.07 Å². The first-order chi connectivity index (χ1) is 11.7. The number of hydrogen-bond acceptors (Lipinski definition) is 4. The van der Waals surface area contributed by atoms with Gasteiger partial charge < -0.3 is 20.4 Å². The molecule has 1 aromatic carbocycles. The number of benzene rings is 1. The number of nitrogens with two attached hydrogens (primary N) is 1. The standard InChI is InChI=1S/C18H21N3O3/c19-11-15-10-14(12-24-15)18(23)20-8-3-6-17(22)21-9-7-13-4-1-2-5-16(13)21/h1-2,4-5,10,12H,3,6-9,11,19H2,(H,20,23). The van der Waals surface area contributed by atoms with E-state index in [1.807, 2.05) is 23.1 Å². The Balaban J connectivity index is 1.44. The molecule has 2 amide bonds. The Morgan fingerprint density at radius 2 is 2.12 bits per heavy atom. The topological polar surface area (TPSA) is 88.6 Å². The van der Waals surface area contributed by atoms with Crippen molar-refractivity contribution in [3.8, 4) is 0 Å². The van der Waals surface area contributed by atoms with Crippen LogP contribution in [0.4, 0.5) is 5.69 Å². The van der Waals surface area contributed by atoms with Crippen molar-refractivity contribution in [2.45, 2.75) is 25.8 Å². The smallest absolute Gasteiger partial charge is 0.254 e. The van der Waals surface area contributed by atoms with Crippen LogP contribution in [0.1, 0.15) is 34.5 Å². The molecule has 126 valence electrons. The minimum Gasteiger partial charge on any atom is -0.467 e. The molecule has 0 aliphatic carbocycles. The average Bonchev–Trinajstić information content (AvgIpc) is 3.25. The highest BCUT2D eigenvalue weighted by Crippen LogP contribution is 2.27. The number of nitrogens with one attached hydrogen (secondary N) is 1. The molecule has 2 heterocycles. The molecule has 0 saturated carbocycles. The van der Waals surface area contributed by atoms with Crippen LogP contribution in [0.15, 0.2) is 41.0 Å². The van der Waals surface area contributed by atoms with Crippen molar-refractivity contribution >= 4 is 17.5 Å². The normalized spacial score (nSPS) is 13.0. The van der Waals surface area contributed by atoms with Crippen LogP contribution in [0, 0.1) is 0 Å². The maximum atomic E-state index is 12.3. The third kappa shape index (κ3) is 3.49. The summed E-state index contributed by atoms with van der Waals surface area (Å²) in [6, 6.07) is 9.61. The molecular weight excluding hydrogens is 306 g/mol. The zero-order valence-corrected chi connectivity index (χ0v) is 13.5. The monoisotopic (exact) mass is 327 g/mol. The number of carbonyl (C=O) groups excluding carboxylic acids is 2. The lowest BCUT2D eigenvalue weighted by Gasteiger charge is -2.17. The predicted octanol–water partition coefficient (Wildman–Crippen LogP) is 1.84. The first-order valence-corrected chi connectivity index (χ1v) is 8.13. The van der Waals surface area contributed by atoms with E-state index in [1.165, 1.54) is 11.8 Å². The van der Waals surface area contributed by atoms with Crippen LogP contribution in [0.3, 0.4) is 0 Å². The number of nitrogens with zero attached hydrogens (tertiary/aromatic N) is 1. The van der Waals surface area contributed by atoms with Gasteiger partial charge in [-0.05, 0) is 30.5 Å². The first kappa shape index (κ1) is 16.3. The molecule has 1 aliphatic heterocycles. The summed E-state index contributed by atoms with van der Waals surface area (Å²) in [6.07, 6.45) is 3.31. The van der Waals surface area contributed by atoms with Crippen molar-refractivity contribution in [1.82, 2.24) is 5.32 Å². The number of hydrogen-bond donors (Lipinski definition) is 2. The van der Waals surface area contributed by atoms with Gasteiger partial charge in [0, 0.05) is 25.2 Å². The molecule has 0 atom stereocenters. The summed E-state index contributed by atoms with van der Waals surface area (Å²) in [5, 5.41) is 2.79. The summed E-state index contributed by atoms with van der Waals surface area (Å²) < 4.78 is 5.13. The third-order valence-corrected chi connectivity index (χ3v) is 4.16. The van der Waals surface area contributed by atoms with E-state index >= 15 is 0 Å². The van der Waals surface area contributed by atoms with Gasteiger partial charge in [-0.25, -0.2) is 0 Å². The molecule has 3 N–H and O–H groups in total. The number of anilines is 1. The van der Waals surface area contributed by atoms with Crippen molar-refractivity contribution in [3.63, 3.8) is 0 Å². The third-order valence-electron chi connectivity index (χ3n) is 4.16. The number of para-hydroxylation sites is 1. The van der Waals surface area contributed by atoms with Gasteiger partial charge in [0.1, 0.15) is 12.0 Å². The Labute approximate surface area is 140 Å². The average molecular weight is 327 g/mol. The van der Waals surface area contributed by atoms with Gasteiger partial charge in [-0.15, -0.1) is 0 Å². The molecule has 0 spiro atoms. The molecule has 1 aromatic heterocycles. The van der Waals surface area contributed by atoms with Crippen LogP contribution in [0.2, 0.25) is 0 Å². The van der Waals surface area contributed by atoms with Gasteiger partial charge >= 0.3 is 0 Å². The molecule has 24 heavy (non-hydrogen) atoms. The maximum absolute atomic E-state index is 12.3. The fraction of sp³-hybridized carbons (Fsp3) is 0.333. The van der Waals surface area contributed by atoms with Crippen LogP contribution < -0.4 is 16.0 Å². The highest BCUT2D eigenvalue weighted by atomic mass is 16.3. The minimum absolute atomic E-state index is 0.0999. The summed E-state index contributed by atoms with van der Waals surface area (Å²) in [7, 11) is 0. The van der Waals surface area contributed by atoms with E-state index in [0.29, 0.717) is 30.7 Å². The number of amides is 2. The second-order valence-electron chi connectivity index (χ2n) is 5.79. The minimum atomic E-state index is -0.211. The van der Waals surface area contributed by atoms with E-state index in [0.717, 1.165) is 18.7 Å². The molecular formula is C18H21N3O3. The Kier molecular flexibility index (Phi) is 4.96. The quantitative estimate of drug-likeness (QED) is 0.792. The fourth-order valence-electron chi connectivity index (χ4n) is 2.88. The van der Waals surface area contributed by atoms with Crippen LogP contribution in [-0.4, -0.2) is 24.9 Å². The lowest BCUT2D eigenvalue weighted by atomic mass is 10.2. The molecule has 2 aromatic rings. The van der Waals surface area contributed by atoms with Crippen LogP contribution >= 0.6 is 0 Å². The summed E-state index contributed by atoms with van der Waals surface area (Å²) in [5.41, 5.74) is 8.13. The second-order valence-corrected chi connectivity index (χ2v) is 5.79. The molecule has 0 fully saturated rings. The number of fused-ring (bicyclic) bond motifs is 1. The molecule has 6 heteroatoms. The molecule has 0 bridgehead atoms. The van der Waals surface area contributed by atoms with E-state index in [-0.39, 0.29) is 18.4 Å². The second kappa shape index (κ2) is 7.31. The van der Waals surface area contributed by atoms with Crippen LogP contribution in [0.5, 0.6) is 0 Å². The zero-order chi connectivity index (χ0) is 16.9. The Bertz CT molecular complexity index is 739. The van der Waals surface area contributed by atoms with Gasteiger partial charge in [-0.3, -0.25) is 9.59 Å². The van der Waals surface area contributed by atoms with Gasteiger partial charge in [0.2, 0.25) is 5.91 Å². The van der Waals surface area contributed by atoms with Gasteiger partial charge in [0.15, 0.2) is 0 Å². The van der Waals surface area contributed by atoms with Crippen molar-refractivity contribution in [3.05, 3.63) is 53.5 Å². The lowest BCUT2D eigenvalue weighted by Crippen LogP contribution is -2.30. The van der Waals surface area contributed by atoms with Crippen molar-refractivity contribution in [1.29, 1.82) is 0 Å². The Morgan fingerprint density at radius 1 is 1.29 bits per heavy atom. The van der Waals surface area contributed by atoms with Crippen molar-refractivity contribution in [2.24, 2.45) is 5.73 Å². The molecule has 0 radical (unpaired) electrons. The van der Waals surface area contributed by atoms with Gasteiger partial charge in [0.25, 0.3) is 5.91 Å². The first-order valence-electron chi connectivity index (χ1n) is 8.13. The largest absolute Gasteiger partial charge is 0.467 e. The zero-order valence-electron chi connectivity index (χ0n) is 13.5. The summed E-state index contributed by atoms with van der Waals surface area (Å²) >= 11 is 0. The maximum Gasteiger partial charge on any atom is 0.254 e. The summed E-state index contributed by atoms with van der Waals surface area (Å²) in [5.74, 6) is 0.461. The van der Waals surface area contributed by atoms with Gasteiger partial charge in [0.05, 0.1) is 12.1 Å². The van der Waals surface area contributed by atoms with Crippen LogP contribution in [-0.2, 0) is 17.8 Å². The van der Waals surface area contributed by atoms with Gasteiger partial charge in [-0.2, -0.15) is 0 Å². The van der Waals surface area contributed by atoms with Gasteiger partial charge in [-0.1, -0.05) is 18.2 Å².